The highest BCUT2D eigenvalue weighted by Crippen LogP contribution is 2.43. The van der Waals surface area contributed by atoms with Crippen LogP contribution in [-0.4, -0.2) is 26.1 Å². The van der Waals surface area contributed by atoms with Crippen LogP contribution in [0.15, 0.2) is 47.4 Å². The van der Waals surface area contributed by atoms with Crippen LogP contribution in [0.25, 0.3) is 11.3 Å². The molecule has 0 spiro atoms. The van der Waals surface area contributed by atoms with Crippen molar-refractivity contribution in [1.82, 2.24) is 0 Å². The number of hydrogen-bond acceptors (Lipinski definition) is 4. The second kappa shape index (κ2) is 7.54. The standard InChI is InChI=1S/C21H18F4O4S/c1-21(2)18(26)16(12-8-13(19(22)23)10-14(9-12)20(24)25)17(29-21)11-4-6-15(7-5-11)30(3,27)28/h4-10,19-20H,1-3H3. The number of sulfone groups is 1. The molecule has 0 N–H and O–H groups in total. The molecule has 1 aliphatic rings. The number of carbonyl (C=O) groups excluding carboxylic acids is 1. The van der Waals surface area contributed by atoms with Crippen molar-refractivity contribution >= 4 is 27.0 Å². The molecule has 160 valence electrons. The molecule has 1 heterocycles. The molecule has 2 aromatic carbocycles. The van der Waals surface area contributed by atoms with Crippen molar-refractivity contribution in [2.24, 2.45) is 0 Å². The molecule has 9 heteroatoms. The molecule has 0 aliphatic carbocycles. The molecule has 0 saturated heterocycles. The summed E-state index contributed by atoms with van der Waals surface area (Å²) < 4.78 is 82.2. The third-order valence-corrected chi connectivity index (χ3v) is 5.80. The van der Waals surface area contributed by atoms with Crippen LogP contribution >= 0.6 is 0 Å². The average molecular weight is 442 g/mol. The highest BCUT2D eigenvalue weighted by molar-refractivity contribution is 7.90. The molecule has 0 aromatic heterocycles. The van der Waals surface area contributed by atoms with Gasteiger partial charge in [0, 0.05) is 22.9 Å². The van der Waals surface area contributed by atoms with Crippen molar-refractivity contribution in [1.29, 1.82) is 0 Å². The first-order valence-corrected chi connectivity index (χ1v) is 10.7. The van der Waals surface area contributed by atoms with E-state index < -0.39 is 45.2 Å². The van der Waals surface area contributed by atoms with Gasteiger partial charge >= 0.3 is 0 Å². The number of ketones is 1. The summed E-state index contributed by atoms with van der Waals surface area (Å²) in [5.41, 5.74) is -2.54. The topological polar surface area (TPSA) is 60.4 Å². The maximum absolute atomic E-state index is 13.3. The second-order valence-corrected chi connectivity index (χ2v) is 9.45. The zero-order chi connectivity index (χ0) is 22.4. The van der Waals surface area contributed by atoms with Gasteiger partial charge in [-0.2, -0.15) is 0 Å². The lowest BCUT2D eigenvalue weighted by atomic mass is 9.90. The minimum atomic E-state index is -3.46. The van der Waals surface area contributed by atoms with E-state index in [2.05, 4.69) is 0 Å². The molecular weight excluding hydrogens is 424 g/mol. The van der Waals surface area contributed by atoms with Crippen LogP contribution in [0.1, 0.15) is 49.0 Å². The molecule has 0 unspecified atom stereocenters. The number of halogens is 4. The van der Waals surface area contributed by atoms with Crippen LogP contribution in [-0.2, 0) is 19.4 Å². The van der Waals surface area contributed by atoms with Gasteiger partial charge in [-0.1, -0.05) is 0 Å². The van der Waals surface area contributed by atoms with Crippen molar-refractivity contribution in [2.45, 2.75) is 37.2 Å². The van der Waals surface area contributed by atoms with Crippen molar-refractivity contribution in [3.05, 3.63) is 64.7 Å². The monoisotopic (exact) mass is 442 g/mol. The molecule has 30 heavy (non-hydrogen) atoms. The first-order valence-electron chi connectivity index (χ1n) is 8.81. The normalized spacial score (nSPS) is 16.5. The predicted octanol–water partition coefficient (Wildman–Crippen LogP) is 5.21. The summed E-state index contributed by atoms with van der Waals surface area (Å²) in [5.74, 6) is -0.548. The molecule has 0 radical (unpaired) electrons. The number of benzene rings is 2. The lowest BCUT2D eigenvalue weighted by Crippen LogP contribution is -2.29. The van der Waals surface area contributed by atoms with E-state index in [4.69, 9.17) is 4.74 Å². The number of ether oxygens (including phenoxy) is 1. The molecule has 3 rings (SSSR count). The SMILES string of the molecule is CC1(C)OC(c2ccc(S(C)(=O)=O)cc2)=C(c2cc(C(F)F)cc(C(F)F)c2)C1=O. The molecule has 4 nitrogen and oxygen atoms in total. The molecular formula is C21H18F4O4S. The van der Waals surface area contributed by atoms with E-state index in [-0.39, 0.29) is 21.8 Å². The van der Waals surface area contributed by atoms with Gasteiger partial charge in [-0.05, 0) is 61.9 Å². The van der Waals surface area contributed by atoms with E-state index in [1.165, 1.54) is 38.1 Å². The quantitative estimate of drug-likeness (QED) is 0.597. The number of alkyl halides is 4. The van der Waals surface area contributed by atoms with Crippen molar-refractivity contribution in [3.8, 4) is 0 Å². The van der Waals surface area contributed by atoms with E-state index in [9.17, 15) is 30.8 Å². The molecule has 0 saturated carbocycles. The van der Waals surface area contributed by atoms with Crippen LogP contribution < -0.4 is 0 Å². The fraction of sp³-hybridized carbons (Fsp3) is 0.286. The van der Waals surface area contributed by atoms with E-state index in [1.807, 2.05) is 0 Å². The minimum Gasteiger partial charge on any atom is -0.478 e. The summed E-state index contributed by atoms with van der Waals surface area (Å²) >= 11 is 0. The minimum absolute atomic E-state index is 0.0108. The fourth-order valence-electron chi connectivity index (χ4n) is 3.15. The van der Waals surface area contributed by atoms with Gasteiger partial charge in [0.15, 0.2) is 15.4 Å². The van der Waals surface area contributed by atoms with Crippen molar-refractivity contribution in [2.75, 3.05) is 6.26 Å². The zero-order valence-corrected chi connectivity index (χ0v) is 17.1. The first-order chi connectivity index (χ1) is 13.8. The third-order valence-electron chi connectivity index (χ3n) is 4.67. The highest BCUT2D eigenvalue weighted by atomic mass is 32.2. The molecule has 0 fully saturated rings. The van der Waals surface area contributed by atoms with E-state index in [1.54, 1.807) is 0 Å². The number of Topliss-reactive ketones (excluding diaryl/α,β-unsaturated/α-hetero) is 1. The van der Waals surface area contributed by atoms with Gasteiger partial charge in [-0.3, -0.25) is 4.79 Å². The lowest BCUT2D eigenvalue weighted by Gasteiger charge is -2.18. The average Bonchev–Trinajstić information content (AvgIpc) is 2.90. The van der Waals surface area contributed by atoms with Gasteiger partial charge in [0.1, 0.15) is 5.76 Å². The lowest BCUT2D eigenvalue weighted by molar-refractivity contribution is -0.125. The van der Waals surface area contributed by atoms with Gasteiger partial charge < -0.3 is 4.74 Å². The van der Waals surface area contributed by atoms with E-state index >= 15 is 0 Å². The Morgan fingerprint density at radius 1 is 0.867 bits per heavy atom. The van der Waals surface area contributed by atoms with Gasteiger partial charge in [0.25, 0.3) is 12.9 Å². The van der Waals surface area contributed by atoms with Crippen molar-refractivity contribution < 1.29 is 35.5 Å². The number of hydrogen-bond donors (Lipinski definition) is 0. The zero-order valence-electron chi connectivity index (χ0n) is 16.2. The molecule has 2 aromatic rings. The number of carbonyl (C=O) groups is 1. The maximum atomic E-state index is 13.3. The van der Waals surface area contributed by atoms with Crippen molar-refractivity contribution in [3.63, 3.8) is 0 Å². The first kappa shape index (κ1) is 22.0. The second-order valence-electron chi connectivity index (χ2n) is 7.43. The largest absolute Gasteiger partial charge is 0.478 e. The maximum Gasteiger partial charge on any atom is 0.263 e. The Bertz CT molecular complexity index is 1110. The van der Waals surface area contributed by atoms with Gasteiger partial charge in [-0.25, -0.2) is 26.0 Å². The highest BCUT2D eigenvalue weighted by Gasteiger charge is 2.43. The van der Waals surface area contributed by atoms with Crippen LogP contribution in [0.5, 0.6) is 0 Å². The number of rotatable bonds is 5. The Morgan fingerprint density at radius 3 is 1.80 bits per heavy atom. The summed E-state index contributed by atoms with van der Waals surface area (Å²) in [6.45, 7) is 2.94. The molecule has 0 bridgehead atoms. The van der Waals surface area contributed by atoms with E-state index in [0.717, 1.165) is 18.4 Å². The summed E-state index contributed by atoms with van der Waals surface area (Å²) in [6.07, 6.45) is -4.98. The summed E-state index contributed by atoms with van der Waals surface area (Å²) in [7, 11) is -3.46. The van der Waals surface area contributed by atoms with Crippen LogP contribution in [0, 0.1) is 0 Å². The van der Waals surface area contributed by atoms with Crippen LogP contribution in [0.3, 0.4) is 0 Å². The molecule has 0 amide bonds. The Balaban J connectivity index is 2.24. The Kier molecular flexibility index (Phi) is 5.53. The third kappa shape index (κ3) is 4.12. The summed E-state index contributed by atoms with van der Waals surface area (Å²) in [4.78, 5) is 13.0. The van der Waals surface area contributed by atoms with E-state index in [0.29, 0.717) is 11.6 Å². The Labute approximate surface area is 171 Å². The van der Waals surface area contributed by atoms with Gasteiger partial charge in [0.05, 0.1) is 10.5 Å². The van der Waals surface area contributed by atoms with Gasteiger partial charge in [0.2, 0.25) is 5.78 Å². The van der Waals surface area contributed by atoms with Crippen LogP contribution in [0.2, 0.25) is 0 Å². The Morgan fingerprint density at radius 2 is 1.37 bits per heavy atom. The summed E-state index contributed by atoms with van der Waals surface area (Å²) in [6, 6.07) is 8.12. The fourth-order valence-corrected chi connectivity index (χ4v) is 3.78. The summed E-state index contributed by atoms with van der Waals surface area (Å²) in [5, 5.41) is 0. The molecule has 0 atom stereocenters. The predicted molar refractivity (Wildman–Crippen MR) is 103 cm³/mol. The van der Waals surface area contributed by atoms with Gasteiger partial charge in [-0.15, -0.1) is 0 Å². The smallest absolute Gasteiger partial charge is 0.263 e. The van der Waals surface area contributed by atoms with Crippen LogP contribution in [0.4, 0.5) is 17.6 Å². The molecule has 1 aliphatic heterocycles. The Hall–Kier alpha value is -2.68.